The average Bonchev–Trinajstić information content (AvgIpc) is 2.30. The molecule has 0 amide bonds. The Hall–Kier alpha value is -0.830. The highest BCUT2D eigenvalue weighted by molar-refractivity contribution is 6.20. The molecule has 3 nitrogen and oxygen atoms in total. The number of nitrogens with zero attached hydrogens (tertiary/aromatic N) is 3. The van der Waals surface area contributed by atoms with Crippen LogP contribution in [-0.2, 0) is 0 Å². The Morgan fingerprint density at radius 1 is 1.31 bits per heavy atom. The fourth-order valence-electron chi connectivity index (χ4n) is 1.93. The van der Waals surface area contributed by atoms with E-state index in [1.54, 1.807) is 6.33 Å². The molecule has 0 aliphatic carbocycles. The largest absolute Gasteiger partial charge is 0.356 e. The zero-order valence-corrected chi connectivity index (χ0v) is 10.6. The Kier molecular flexibility index (Phi) is 3.64. The van der Waals surface area contributed by atoms with Gasteiger partial charge in [0, 0.05) is 30.2 Å². The van der Waals surface area contributed by atoms with E-state index in [4.69, 9.17) is 11.6 Å². The lowest BCUT2D eigenvalue weighted by Crippen LogP contribution is -2.34. The van der Waals surface area contributed by atoms with Crippen molar-refractivity contribution in [2.75, 3.05) is 18.0 Å². The maximum atomic E-state index is 6.09. The van der Waals surface area contributed by atoms with E-state index in [-0.39, 0.29) is 0 Å². The van der Waals surface area contributed by atoms with Crippen LogP contribution in [0.5, 0.6) is 0 Å². The third-order valence-electron chi connectivity index (χ3n) is 3.01. The first kappa shape index (κ1) is 11.6. The average molecular weight is 240 g/mol. The van der Waals surface area contributed by atoms with Crippen molar-refractivity contribution < 1.29 is 0 Å². The number of piperidine rings is 1. The summed E-state index contributed by atoms with van der Waals surface area (Å²) >= 11 is 6.09. The molecule has 1 aliphatic heterocycles. The zero-order chi connectivity index (χ0) is 11.5. The zero-order valence-electron chi connectivity index (χ0n) is 9.86. The van der Waals surface area contributed by atoms with Crippen LogP contribution < -0.4 is 4.90 Å². The molecule has 4 heteroatoms. The Balaban J connectivity index is 2.11. The van der Waals surface area contributed by atoms with Gasteiger partial charge in [-0.2, -0.15) is 0 Å². The molecule has 0 unspecified atom stereocenters. The Morgan fingerprint density at radius 3 is 2.62 bits per heavy atom. The van der Waals surface area contributed by atoms with E-state index in [1.807, 2.05) is 0 Å². The SMILES string of the molecule is CC(C)c1cc(N2CCC(Cl)CC2)ncn1. The molecular formula is C12H18ClN3. The molecule has 1 aromatic rings. The van der Waals surface area contributed by atoms with Gasteiger partial charge in [0.15, 0.2) is 0 Å². The molecule has 1 aliphatic rings. The second-order valence-electron chi connectivity index (χ2n) is 4.62. The lowest BCUT2D eigenvalue weighted by molar-refractivity contribution is 0.579. The summed E-state index contributed by atoms with van der Waals surface area (Å²) in [5.41, 5.74) is 1.11. The maximum absolute atomic E-state index is 6.09. The molecule has 16 heavy (non-hydrogen) atoms. The topological polar surface area (TPSA) is 29.0 Å². The van der Waals surface area contributed by atoms with Crippen molar-refractivity contribution in [3.8, 4) is 0 Å². The van der Waals surface area contributed by atoms with Crippen LogP contribution in [0.25, 0.3) is 0 Å². The van der Waals surface area contributed by atoms with Gasteiger partial charge in [-0.05, 0) is 18.8 Å². The van der Waals surface area contributed by atoms with Gasteiger partial charge in [0.05, 0.1) is 0 Å². The first-order chi connectivity index (χ1) is 7.66. The molecule has 0 atom stereocenters. The van der Waals surface area contributed by atoms with E-state index in [9.17, 15) is 0 Å². The highest BCUT2D eigenvalue weighted by Gasteiger charge is 2.18. The molecule has 1 aromatic heterocycles. The van der Waals surface area contributed by atoms with Crippen LogP contribution in [0.15, 0.2) is 12.4 Å². The van der Waals surface area contributed by atoms with Crippen LogP contribution in [0, 0.1) is 0 Å². The van der Waals surface area contributed by atoms with Crippen LogP contribution >= 0.6 is 11.6 Å². The molecular weight excluding hydrogens is 222 g/mol. The van der Waals surface area contributed by atoms with E-state index >= 15 is 0 Å². The Bertz CT molecular complexity index is 346. The summed E-state index contributed by atoms with van der Waals surface area (Å²) in [7, 11) is 0. The summed E-state index contributed by atoms with van der Waals surface area (Å²) in [6, 6.07) is 2.10. The quantitative estimate of drug-likeness (QED) is 0.744. The monoisotopic (exact) mass is 239 g/mol. The summed E-state index contributed by atoms with van der Waals surface area (Å²) in [5.74, 6) is 1.49. The highest BCUT2D eigenvalue weighted by atomic mass is 35.5. The smallest absolute Gasteiger partial charge is 0.132 e. The Labute approximate surface area is 102 Å². The molecule has 1 saturated heterocycles. The molecule has 0 bridgehead atoms. The number of aromatic nitrogens is 2. The number of alkyl halides is 1. The molecule has 2 heterocycles. The second-order valence-corrected chi connectivity index (χ2v) is 5.23. The summed E-state index contributed by atoms with van der Waals surface area (Å²) in [6.07, 6.45) is 3.75. The molecule has 88 valence electrons. The molecule has 0 spiro atoms. The second kappa shape index (κ2) is 5.00. The van der Waals surface area contributed by atoms with Gasteiger partial charge in [0.25, 0.3) is 0 Å². The van der Waals surface area contributed by atoms with Crippen molar-refractivity contribution in [1.29, 1.82) is 0 Å². The predicted molar refractivity (Wildman–Crippen MR) is 67.2 cm³/mol. The fraction of sp³-hybridized carbons (Fsp3) is 0.667. The first-order valence-corrected chi connectivity index (χ1v) is 6.31. The minimum Gasteiger partial charge on any atom is -0.356 e. The lowest BCUT2D eigenvalue weighted by Gasteiger charge is -2.30. The van der Waals surface area contributed by atoms with Crippen molar-refractivity contribution in [1.82, 2.24) is 9.97 Å². The third-order valence-corrected chi connectivity index (χ3v) is 3.45. The number of rotatable bonds is 2. The van der Waals surface area contributed by atoms with Crippen molar-refractivity contribution in [3.05, 3.63) is 18.1 Å². The maximum Gasteiger partial charge on any atom is 0.132 e. The van der Waals surface area contributed by atoms with Crippen LogP contribution in [0.3, 0.4) is 0 Å². The standard InChI is InChI=1S/C12H18ClN3/c1-9(2)11-7-12(15-8-14-11)16-5-3-10(13)4-6-16/h7-10H,3-6H2,1-2H3. The number of halogens is 1. The van der Waals surface area contributed by atoms with E-state index in [0.717, 1.165) is 37.4 Å². The van der Waals surface area contributed by atoms with Gasteiger partial charge < -0.3 is 4.90 Å². The molecule has 0 aromatic carbocycles. The van der Waals surface area contributed by atoms with E-state index in [2.05, 4.69) is 34.8 Å². The van der Waals surface area contributed by atoms with Crippen molar-refractivity contribution in [3.63, 3.8) is 0 Å². The van der Waals surface area contributed by atoms with E-state index in [1.165, 1.54) is 0 Å². The Morgan fingerprint density at radius 2 is 2.00 bits per heavy atom. The van der Waals surface area contributed by atoms with Gasteiger partial charge in [0.2, 0.25) is 0 Å². The molecule has 2 rings (SSSR count). The van der Waals surface area contributed by atoms with Gasteiger partial charge in [0.1, 0.15) is 12.1 Å². The van der Waals surface area contributed by atoms with Crippen molar-refractivity contribution in [2.45, 2.75) is 38.0 Å². The lowest BCUT2D eigenvalue weighted by atomic mass is 10.1. The third kappa shape index (κ3) is 2.64. The predicted octanol–water partition coefficient (Wildman–Crippen LogP) is 2.81. The fourth-order valence-corrected chi connectivity index (χ4v) is 2.12. The first-order valence-electron chi connectivity index (χ1n) is 5.88. The minimum atomic E-state index is 0.336. The number of anilines is 1. The minimum absolute atomic E-state index is 0.336. The van der Waals surface area contributed by atoms with Crippen LogP contribution in [0.2, 0.25) is 0 Å². The van der Waals surface area contributed by atoms with Crippen molar-refractivity contribution >= 4 is 17.4 Å². The summed E-state index contributed by atoms with van der Waals surface area (Å²) in [4.78, 5) is 10.9. The van der Waals surface area contributed by atoms with Gasteiger partial charge in [-0.25, -0.2) is 9.97 Å². The highest BCUT2D eigenvalue weighted by Crippen LogP contribution is 2.22. The summed E-state index contributed by atoms with van der Waals surface area (Å²) in [5, 5.41) is 0.336. The van der Waals surface area contributed by atoms with E-state index in [0.29, 0.717) is 11.3 Å². The van der Waals surface area contributed by atoms with Gasteiger partial charge in [-0.1, -0.05) is 13.8 Å². The van der Waals surface area contributed by atoms with Gasteiger partial charge in [-0.15, -0.1) is 11.6 Å². The van der Waals surface area contributed by atoms with Crippen LogP contribution in [0.4, 0.5) is 5.82 Å². The van der Waals surface area contributed by atoms with Crippen LogP contribution in [0.1, 0.15) is 38.3 Å². The van der Waals surface area contributed by atoms with Crippen molar-refractivity contribution in [2.24, 2.45) is 0 Å². The van der Waals surface area contributed by atoms with Crippen LogP contribution in [-0.4, -0.2) is 28.4 Å². The summed E-state index contributed by atoms with van der Waals surface area (Å²) < 4.78 is 0. The molecule has 1 fully saturated rings. The van der Waals surface area contributed by atoms with E-state index < -0.39 is 0 Å². The molecule has 0 N–H and O–H groups in total. The molecule has 0 saturated carbocycles. The number of hydrogen-bond acceptors (Lipinski definition) is 3. The van der Waals surface area contributed by atoms with Gasteiger partial charge >= 0.3 is 0 Å². The number of hydrogen-bond donors (Lipinski definition) is 0. The summed E-state index contributed by atoms with van der Waals surface area (Å²) in [6.45, 7) is 6.31. The molecule has 0 radical (unpaired) electrons. The normalized spacial score (nSPS) is 18.1. The van der Waals surface area contributed by atoms with Gasteiger partial charge in [-0.3, -0.25) is 0 Å².